The van der Waals surface area contributed by atoms with Crippen LogP contribution in [0.25, 0.3) is 0 Å². The van der Waals surface area contributed by atoms with Crippen molar-refractivity contribution in [3.8, 4) is 0 Å². The van der Waals surface area contributed by atoms with Crippen molar-refractivity contribution in [3.05, 3.63) is 11.8 Å². The van der Waals surface area contributed by atoms with E-state index in [1.165, 1.54) is 0 Å². The summed E-state index contributed by atoms with van der Waals surface area (Å²) in [5, 5.41) is 22.1. The Hall–Kier alpha value is -1.48. The van der Waals surface area contributed by atoms with Gasteiger partial charge in [-0.25, -0.2) is 4.98 Å². The first-order valence-corrected chi connectivity index (χ1v) is 9.37. The number of ether oxygens (including phenoxy) is 2. The molecule has 26 heavy (non-hydrogen) atoms. The van der Waals surface area contributed by atoms with Gasteiger partial charge < -0.3 is 29.9 Å². The Kier molecular flexibility index (Phi) is 6.63. The number of hydrogen-bond donors (Lipinski definition) is 3. The monoisotopic (exact) mass is 366 g/mol. The van der Waals surface area contributed by atoms with E-state index >= 15 is 0 Å². The van der Waals surface area contributed by atoms with Crippen molar-refractivity contribution >= 4 is 11.8 Å². The second-order valence-corrected chi connectivity index (χ2v) is 7.31. The van der Waals surface area contributed by atoms with Crippen molar-refractivity contribution in [2.24, 2.45) is 5.41 Å². The SMILES string of the molecule is CN(CC1(CO)CCOCC1)c1cc([C@@H]2CCOC2)nc(NCCO)n1. The maximum absolute atomic E-state index is 9.96. The van der Waals surface area contributed by atoms with E-state index in [2.05, 4.69) is 20.2 Å². The summed E-state index contributed by atoms with van der Waals surface area (Å²) in [4.78, 5) is 11.3. The molecule has 0 unspecified atom stereocenters. The van der Waals surface area contributed by atoms with Gasteiger partial charge >= 0.3 is 0 Å². The van der Waals surface area contributed by atoms with Gasteiger partial charge in [0.05, 0.1) is 25.5 Å². The fourth-order valence-corrected chi connectivity index (χ4v) is 3.63. The maximum atomic E-state index is 9.96. The lowest BCUT2D eigenvalue weighted by Crippen LogP contribution is -2.43. The minimum absolute atomic E-state index is 0.0267. The van der Waals surface area contributed by atoms with E-state index in [9.17, 15) is 5.11 Å². The number of aliphatic hydroxyl groups excluding tert-OH is 2. The second-order valence-electron chi connectivity index (χ2n) is 7.31. The molecule has 146 valence electrons. The van der Waals surface area contributed by atoms with Crippen molar-refractivity contribution in [2.75, 3.05) is 70.0 Å². The van der Waals surface area contributed by atoms with Crippen LogP contribution in [0.5, 0.6) is 0 Å². The van der Waals surface area contributed by atoms with Crippen molar-refractivity contribution in [1.82, 2.24) is 9.97 Å². The first kappa shape index (κ1) is 19.3. The first-order valence-electron chi connectivity index (χ1n) is 9.37. The zero-order valence-corrected chi connectivity index (χ0v) is 15.5. The molecule has 1 aromatic rings. The van der Waals surface area contributed by atoms with Gasteiger partial charge in [-0.3, -0.25) is 0 Å². The number of anilines is 2. The molecule has 2 saturated heterocycles. The maximum Gasteiger partial charge on any atom is 0.224 e. The topological polar surface area (TPSA) is 100.0 Å². The van der Waals surface area contributed by atoms with Crippen LogP contribution in [0.4, 0.5) is 11.8 Å². The van der Waals surface area contributed by atoms with Gasteiger partial charge in [0.15, 0.2) is 0 Å². The van der Waals surface area contributed by atoms with Crippen molar-refractivity contribution in [3.63, 3.8) is 0 Å². The molecular weight excluding hydrogens is 336 g/mol. The molecule has 0 radical (unpaired) electrons. The Balaban J connectivity index is 1.80. The van der Waals surface area contributed by atoms with Crippen LogP contribution >= 0.6 is 0 Å². The molecule has 1 aromatic heterocycles. The standard InChI is InChI=1S/C18H30N4O4/c1-22(12-18(13-24)3-8-25-9-4-18)16-10-15(14-2-7-26-11-14)20-17(21-16)19-5-6-23/h10,14,23-24H,2-9,11-13H2,1H3,(H,19,20,21)/t14-/m1/s1. The molecule has 8 nitrogen and oxygen atoms in total. The molecule has 0 amide bonds. The number of nitrogens with one attached hydrogen (secondary N) is 1. The molecule has 1 atom stereocenters. The average molecular weight is 366 g/mol. The average Bonchev–Trinajstić information content (AvgIpc) is 3.21. The van der Waals surface area contributed by atoms with Crippen LogP contribution in [0.1, 0.15) is 30.9 Å². The lowest BCUT2D eigenvalue weighted by Gasteiger charge is -2.39. The Morgan fingerprint density at radius 3 is 2.69 bits per heavy atom. The minimum Gasteiger partial charge on any atom is -0.396 e. The van der Waals surface area contributed by atoms with Crippen LogP contribution in [0, 0.1) is 5.41 Å². The third-order valence-electron chi connectivity index (χ3n) is 5.33. The van der Waals surface area contributed by atoms with Gasteiger partial charge in [-0.15, -0.1) is 0 Å². The highest BCUT2D eigenvalue weighted by atomic mass is 16.5. The summed E-state index contributed by atoms with van der Waals surface area (Å²) in [5.41, 5.74) is 0.803. The third-order valence-corrected chi connectivity index (χ3v) is 5.33. The van der Waals surface area contributed by atoms with E-state index in [0.717, 1.165) is 37.4 Å². The van der Waals surface area contributed by atoms with Crippen LogP contribution in [0.2, 0.25) is 0 Å². The molecule has 0 bridgehead atoms. The van der Waals surface area contributed by atoms with E-state index in [4.69, 9.17) is 14.6 Å². The molecule has 0 saturated carbocycles. The molecule has 0 aromatic carbocycles. The highest BCUT2D eigenvalue weighted by Gasteiger charge is 2.34. The zero-order valence-electron chi connectivity index (χ0n) is 15.5. The van der Waals surface area contributed by atoms with Crippen LogP contribution in [0.3, 0.4) is 0 Å². The summed E-state index contributed by atoms with van der Waals surface area (Å²) in [6.45, 7) is 4.10. The number of hydrogen-bond acceptors (Lipinski definition) is 8. The molecule has 2 fully saturated rings. The van der Waals surface area contributed by atoms with Gasteiger partial charge in [-0.1, -0.05) is 0 Å². The van der Waals surface area contributed by atoms with E-state index in [-0.39, 0.29) is 24.5 Å². The minimum atomic E-state index is -0.159. The molecule has 3 rings (SSSR count). The summed E-state index contributed by atoms with van der Waals surface area (Å²) in [6, 6.07) is 2.02. The summed E-state index contributed by atoms with van der Waals surface area (Å²) < 4.78 is 11.0. The Morgan fingerprint density at radius 1 is 1.23 bits per heavy atom. The molecule has 3 heterocycles. The lowest BCUT2D eigenvalue weighted by atomic mass is 9.80. The van der Waals surface area contributed by atoms with Gasteiger partial charge in [0, 0.05) is 57.4 Å². The number of aliphatic hydroxyl groups is 2. The Morgan fingerprint density at radius 2 is 2.04 bits per heavy atom. The van der Waals surface area contributed by atoms with Gasteiger partial charge in [0.2, 0.25) is 5.95 Å². The van der Waals surface area contributed by atoms with Gasteiger partial charge in [0.1, 0.15) is 5.82 Å². The molecule has 3 N–H and O–H groups in total. The molecule has 2 aliphatic rings. The number of rotatable bonds is 8. The van der Waals surface area contributed by atoms with Crippen molar-refractivity contribution in [1.29, 1.82) is 0 Å². The van der Waals surface area contributed by atoms with Crippen molar-refractivity contribution < 1.29 is 19.7 Å². The highest BCUT2D eigenvalue weighted by Crippen LogP contribution is 2.33. The fourth-order valence-electron chi connectivity index (χ4n) is 3.63. The van der Waals surface area contributed by atoms with Gasteiger partial charge in [-0.05, 0) is 19.3 Å². The van der Waals surface area contributed by atoms with Crippen molar-refractivity contribution in [2.45, 2.75) is 25.2 Å². The van der Waals surface area contributed by atoms with E-state index in [1.54, 1.807) is 0 Å². The van der Waals surface area contributed by atoms with Crippen LogP contribution in [-0.4, -0.2) is 80.0 Å². The predicted octanol–water partition coefficient (Wildman–Crippen LogP) is 0.610. The largest absolute Gasteiger partial charge is 0.396 e. The van der Waals surface area contributed by atoms with E-state index in [1.807, 2.05) is 13.1 Å². The summed E-state index contributed by atoms with van der Waals surface area (Å²) in [5.74, 6) is 1.62. The number of nitrogens with zero attached hydrogens (tertiary/aromatic N) is 3. The predicted molar refractivity (Wildman–Crippen MR) is 98.6 cm³/mol. The highest BCUT2D eigenvalue weighted by molar-refractivity contribution is 5.45. The molecular formula is C18H30N4O4. The van der Waals surface area contributed by atoms with Crippen LogP contribution in [0.15, 0.2) is 6.07 Å². The number of aromatic nitrogens is 2. The summed E-state index contributed by atoms with van der Waals surface area (Å²) >= 11 is 0. The van der Waals surface area contributed by atoms with Crippen LogP contribution < -0.4 is 10.2 Å². The molecule has 0 spiro atoms. The van der Waals surface area contributed by atoms with Gasteiger partial charge in [0.25, 0.3) is 0 Å². The van der Waals surface area contributed by atoms with Gasteiger partial charge in [-0.2, -0.15) is 4.98 Å². The molecule has 8 heteroatoms. The molecule has 2 aliphatic heterocycles. The Labute approximate surface area is 154 Å². The summed E-state index contributed by atoms with van der Waals surface area (Å²) in [6.07, 6.45) is 2.65. The normalized spacial score (nSPS) is 22.3. The Bertz CT molecular complexity index is 574. The lowest BCUT2D eigenvalue weighted by molar-refractivity contribution is -0.0113. The zero-order chi connectivity index (χ0) is 18.4. The quantitative estimate of drug-likeness (QED) is 0.615. The van der Waals surface area contributed by atoms with Crippen LogP contribution in [-0.2, 0) is 9.47 Å². The fraction of sp³-hybridized carbons (Fsp3) is 0.778. The first-order chi connectivity index (χ1) is 12.7. The smallest absolute Gasteiger partial charge is 0.224 e. The van der Waals surface area contributed by atoms with E-state index < -0.39 is 0 Å². The molecule has 0 aliphatic carbocycles. The third kappa shape index (κ3) is 4.62. The second kappa shape index (κ2) is 8.94. The summed E-state index contributed by atoms with van der Waals surface area (Å²) in [7, 11) is 2.00. The van der Waals surface area contributed by atoms with E-state index in [0.29, 0.717) is 38.9 Å².